The predicted molar refractivity (Wildman–Crippen MR) is 148 cm³/mol. The first-order valence-corrected chi connectivity index (χ1v) is 13.3. The van der Waals surface area contributed by atoms with Crippen LogP contribution in [0, 0.1) is 0 Å². The SMILES string of the molecule is C=O.CCc1ccc(NC(=O)c2oc3cccc(CO)c3c2N)nc1.O=C1CCCCN1C1CCCCC1. The zero-order valence-corrected chi connectivity index (χ0v) is 22.1. The number of furan rings is 1. The van der Waals surface area contributed by atoms with E-state index in [4.69, 9.17) is 14.9 Å². The highest BCUT2D eigenvalue weighted by Crippen LogP contribution is 2.32. The van der Waals surface area contributed by atoms with Gasteiger partial charge in [-0.2, -0.15) is 0 Å². The largest absolute Gasteiger partial charge is 0.449 e. The first kappa shape index (κ1) is 28.8. The molecule has 3 heterocycles. The summed E-state index contributed by atoms with van der Waals surface area (Å²) < 4.78 is 5.54. The van der Waals surface area contributed by atoms with Gasteiger partial charge in [0.1, 0.15) is 18.2 Å². The molecule has 9 nitrogen and oxygen atoms in total. The van der Waals surface area contributed by atoms with Crippen LogP contribution in [0.15, 0.2) is 40.9 Å². The van der Waals surface area contributed by atoms with E-state index in [1.807, 2.05) is 19.8 Å². The van der Waals surface area contributed by atoms with Crippen LogP contribution in [-0.4, -0.2) is 46.2 Å². The molecule has 0 bridgehead atoms. The molecule has 204 valence electrons. The number of carbonyl (C=O) groups is 3. The van der Waals surface area contributed by atoms with Crippen LogP contribution in [0.25, 0.3) is 11.0 Å². The van der Waals surface area contributed by atoms with Gasteiger partial charge in [0.25, 0.3) is 5.91 Å². The number of aliphatic hydroxyl groups is 1. The minimum atomic E-state index is -0.473. The second kappa shape index (κ2) is 14.3. The summed E-state index contributed by atoms with van der Waals surface area (Å²) >= 11 is 0. The number of pyridine rings is 1. The number of likely N-dealkylation sites (tertiary alicyclic amines) is 1. The van der Waals surface area contributed by atoms with E-state index < -0.39 is 5.91 Å². The van der Waals surface area contributed by atoms with Crippen molar-refractivity contribution in [2.45, 2.75) is 77.4 Å². The summed E-state index contributed by atoms with van der Waals surface area (Å²) in [7, 11) is 0. The van der Waals surface area contributed by atoms with E-state index in [1.165, 1.54) is 38.5 Å². The Morgan fingerprint density at radius 1 is 1.16 bits per heavy atom. The first-order chi connectivity index (χ1) is 18.5. The highest BCUT2D eigenvalue weighted by molar-refractivity contribution is 6.11. The number of rotatable bonds is 5. The number of benzene rings is 1. The lowest BCUT2D eigenvalue weighted by molar-refractivity contribution is -0.136. The van der Waals surface area contributed by atoms with Crippen LogP contribution >= 0.6 is 0 Å². The minimum Gasteiger partial charge on any atom is -0.449 e. The number of aromatic nitrogens is 1. The fraction of sp³-hybridized carbons (Fsp3) is 0.448. The number of fused-ring (bicyclic) bond motifs is 1. The summed E-state index contributed by atoms with van der Waals surface area (Å²) in [4.78, 5) is 38.3. The number of nitrogens with zero attached hydrogens (tertiary/aromatic N) is 2. The Kier molecular flexibility index (Phi) is 10.8. The van der Waals surface area contributed by atoms with Gasteiger partial charge < -0.3 is 30.3 Å². The maximum atomic E-state index is 12.4. The summed E-state index contributed by atoms with van der Waals surface area (Å²) in [5.74, 6) is 0.384. The average Bonchev–Trinajstić information content (AvgIpc) is 3.32. The Labute approximate surface area is 223 Å². The molecule has 2 amide bonds. The highest BCUT2D eigenvalue weighted by Gasteiger charge is 2.26. The van der Waals surface area contributed by atoms with E-state index >= 15 is 0 Å². The van der Waals surface area contributed by atoms with Crippen LogP contribution < -0.4 is 11.1 Å². The third kappa shape index (κ3) is 6.98. The molecule has 0 atom stereocenters. The Hall–Kier alpha value is -3.72. The van der Waals surface area contributed by atoms with Crippen LogP contribution in [0.2, 0.25) is 0 Å². The quantitative estimate of drug-likeness (QED) is 0.435. The van der Waals surface area contributed by atoms with E-state index in [1.54, 1.807) is 30.5 Å². The molecule has 38 heavy (non-hydrogen) atoms. The molecule has 1 aliphatic heterocycles. The number of nitrogens with one attached hydrogen (secondary N) is 1. The fourth-order valence-corrected chi connectivity index (χ4v) is 5.03. The summed E-state index contributed by atoms with van der Waals surface area (Å²) in [5, 5.41) is 12.6. The van der Waals surface area contributed by atoms with Crippen molar-refractivity contribution in [1.82, 2.24) is 9.88 Å². The van der Waals surface area contributed by atoms with Crippen LogP contribution in [0.3, 0.4) is 0 Å². The second-order valence-corrected chi connectivity index (χ2v) is 9.49. The number of aryl methyl sites for hydroxylation is 1. The Morgan fingerprint density at radius 3 is 2.55 bits per heavy atom. The molecule has 9 heteroatoms. The van der Waals surface area contributed by atoms with Crippen molar-refractivity contribution in [2.75, 3.05) is 17.6 Å². The zero-order chi connectivity index (χ0) is 27.5. The molecule has 2 aromatic heterocycles. The molecular weight excluding hydrogens is 484 g/mol. The lowest BCUT2D eigenvalue weighted by Gasteiger charge is -2.36. The number of hydrogen-bond donors (Lipinski definition) is 3. The smallest absolute Gasteiger partial charge is 0.294 e. The molecule has 1 saturated heterocycles. The van der Waals surface area contributed by atoms with Crippen molar-refractivity contribution < 1.29 is 23.9 Å². The third-order valence-corrected chi connectivity index (χ3v) is 7.07. The Balaban J connectivity index is 0.000000225. The van der Waals surface area contributed by atoms with Gasteiger partial charge in [-0.3, -0.25) is 9.59 Å². The molecule has 1 aliphatic carbocycles. The van der Waals surface area contributed by atoms with Gasteiger partial charge in [-0.15, -0.1) is 0 Å². The van der Waals surface area contributed by atoms with E-state index in [-0.39, 0.29) is 18.1 Å². The van der Waals surface area contributed by atoms with Crippen molar-refractivity contribution in [3.05, 3.63) is 53.4 Å². The summed E-state index contributed by atoms with van der Waals surface area (Å²) in [6, 6.07) is 9.41. The third-order valence-electron chi connectivity index (χ3n) is 7.07. The number of piperidine rings is 1. The molecule has 4 N–H and O–H groups in total. The maximum Gasteiger partial charge on any atom is 0.294 e. The van der Waals surface area contributed by atoms with Gasteiger partial charge in [-0.05, 0) is 55.4 Å². The van der Waals surface area contributed by atoms with Gasteiger partial charge in [-0.25, -0.2) is 4.98 Å². The Morgan fingerprint density at radius 2 is 1.92 bits per heavy atom. The molecular formula is C29H38N4O5. The number of anilines is 2. The average molecular weight is 523 g/mol. The van der Waals surface area contributed by atoms with Crippen molar-refractivity contribution in [3.8, 4) is 0 Å². The summed E-state index contributed by atoms with van der Waals surface area (Å²) in [6.45, 7) is 4.88. The monoisotopic (exact) mass is 522 g/mol. The first-order valence-electron chi connectivity index (χ1n) is 13.3. The highest BCUT2D eigenvalue weighted by atomic mass is 16.3. The molecule has 0 radical (unpaired) electrons. The molecule has 1 saturated carbocycles. The fourth-order valence-electron chi connectivity index (χ4n) is 5.03. The molecule has 2 aliphatic rings. The van der Waals surface area contributed by atoms with E-state index in [9.17, 15) is 14.7 Å². The topological polar surface area (TPSA) is 139 Å². The van der Waals surface area contributed by atoms with Crippen LogP contribution in [-0.2, 0) is 22.6 Å². The van der Waals surface area contributed by atoms with Crippen molar-refractivity contribution in [3.63, 3.8) is 0 Å². The number of amides is 2. The number of carbonyl (C=O) groups excluding carboxylic acids is 3. The normalized spacial score (nSPS) is 15.7. The van der Waals surface area contributed by atoms with Crippen LogP contribution in [0.1, 0.15) is 80.0 Å². The number of aliphatic hydroxyl groups excluding tert-OH is 1. The lowest BCUT2D eigenvalue weighted by Crippen LogP contribution is -2.44. The van der Waals surface area contributed by atoms with Crippen LogP contribution in [0.5, 0.6) is 0 Å². The van der Waals surface area contributed by atoms with E-state index in [2.05, 4.69) is 15.2 Å². The number of hydrogen-bond acceptors (Lipinski definition) is 7. The van der Waals surface area contributed by atoms with Gasteiger partial charge in [0.2, 0.25) is 11.7 Å². The van der Waals surface area contributed by atoms with Crippen LogP contribution in [0.4, 0.5) is 11.5 Å². The number of nitrogens with two attached hydrogens (primary N) is 1. The summed E-state index contributed by atoms with van der Waals surface area (Å²) in [6.07, 6.45) is 12.3. The van der Waals surface area contributed by atoms with Gasteiger partial charge in [0.05, 0.1) is 12.3 Å². The maximum absolute atomic E-state index is 12.4. The van der Waals surface area contributed by atoms with Gasteiger partial charge in [-0.1, -0.05) is 44.4 Å². The van der Waals surface area contributed by atoms with E-state index in [0.717, 1.165) is 31.4 Å². The Bertz CT molecular complexity index is 1200. The van der Waals surface area contributed by atoms with Gasteiger partial charge in [0, 0.05) is 30.6 Å². The van der Waals surface area contributed by atoms with Gasteiger partial charge >= 0.3 is 0 Å². The molecule has 0 spiro atoms. The lowest BCUT2D eigenvalue weighted by atomic mass is 9.92. The molecule has 1 aromatic carbocycles. The predicted octanol–water partition coefficient (Wildman–Crippen LogP) is 4.86. The van der Waals surface area contributed by atoms with Crippen molar-refractivity contribution >= 4 is 41.1 Å². The summed E-state index contributed by atoms with van der Waals surface area (Å²) in [5.41, 5.74) is 8.41. The van der Waals surface area contributed by atoms with Crippen molar-refractivity contribution in [2.24, 2.45) is 0 Å². The van der Waals surface area contributed by atoms with Crippen molar-refractivity contribution in [1.29, 1.82) is 0 Å². The molecule has 0 unspecified atom stereocenters. The minimum absolute atomic E-state index is 0.0160. The van der Waals surface area contributed by atoms with Gasteiger partial charge in [0.15, 0.2) is 0 Å². The molecule has 2 fully saturated rings. The molecule has 5 rings (SSSR count). The second-order valence-electron chi connectivity index (χ2n) is 9.49. The zero-order valence-electron chi connectivity index (χ0n) is 22.1. The standard InChI is InChI=1S/C17H17N3O3.C11H19NO.CH2O/c1-2-10-6-7-13(19-8-10)20-17(22)16-15(18)14-11(9-21)4-3-5-12(14)23-16;13-11-8-4-5-9-12(11)10-6-2-1-3-7-10;1-2/h3-8,21H,2,9,18H2,1H3,(H,19,20,22);10H,1-9H2;1H2. The molecule has 3 aromatic rings. The number of nitrogen functional groups attached to an aromatic ring is 1. The van der Waals surface area contributed by atoms with E-state index in [0.29, 0.717) is 34.3 Å².